The second-order valence-electron chi connectivity index (χ2n) is 8.51. The second-order valence-corrected chi connectivity index (χ2v) is 10.4. The summed E-state index contributed by atoms with van der Waals surface area (Å²) in [5.41, 5.74) is 1.10. The van der Waals surface area contributed by atoms with Crippen LogP contribution in [0.25, 0.3) is 0 Å². The topological polar surface area (TPSA) is 95.6 Å². The number of carbonyl (C=O) groups excluding carboxylic acids is 2. The molecule has 0 radical (unpaired) electrons. The maximum atomic E-state index is 13.2. The standard InChI is InChI=1S/C22H33N3O4S/c1-16-11-12-19(15-20(16)30(28,29)25-13-7-3-4-8-14-25)24-22(27)21(23-17(2)26)18-9-5-6-10-18/h11-12,15,18,21H,3-10,13-14H2,1-2H3,(H,23,26)(H,24,27). The molecule has 1 aliphatic carbocycles. The Bertz CT molecular complexity index is 870. The molecule has 2 aliphatic rings. The molecule has 2 fully saturated rings. The number of carbonyl (C=O) groups is 2. The van der Waals surface area contributed by atoms with Crippen LogP contribution in [0.2, 0.25) is 0 Å². The van der Waals surface area contributed by atoms with Crippen molar-refractivity contribution in [2.75, 3.05) is 18.4 Å². The fraction of sp³-hybridized carbons (Fsp3) is 0.636. The first kappa shape index (κ1) is 22.7. The Balaban J connectivity index is 1.81. The van der Waals surface area contributed by atoms with Gasteiger partial charge in [0.05, 0.1) is 4.90 Å². The van der Waals surface area contributed by atoms with E-state index >= 15 is 0 Å². The van der Waals surface area contributed by atoms with Gasteiger partial charge in [0.1, 0.15) is 6.04 Å². The molecule has 3 rings (SSSR count). The number of amides is 2. The van der Waals surface area contributed by atoms with Gasteiger partial charge in [-0.2, -0.15) is 4.31 Å². The van der Waals surface area contributed by atoms with Gasteiger partial charge in [0.25, 0.3) is 0 Å². The van der Waals surface area contributed by atoms with E-state index in [9.17, 15) is 18.0 Å². The zero-order valence-electron chi connectivity index (χ0n) is 17.9. The molecule has 2 N–H and O–H groups in total. The molecule has 1 atom stereocenters. The molecule has 0 spiro atoms. The largest absolute Gasteiger partial charge is 0.344 e. The van der Waals surface area contributed by atoms with Gasteiger partial charge in [0.2, 0.25) is 21.8 Å². The summed E-state index contributed by atoms with van der Waals surface area (Å²) in [5, 5.41) is 5.62. The zero-order chi connectivity index (χ0) is 21.7. The van der Waals surface area contributed by atoms with Gasteiger partial charge in [-0.15, -0.1) is 0 Å². The molecule has 0 aromatic heterocycles. The van der Waals surface area contributed by atoms with Crippen LogP contribution in [-0.4, -0.2) is 43.7 Å². The molecule has 2 amide bonds. The highest BCUT2D eigenvalue weighted by molar-refractivity contribution is 7.89. The molecule has 1 aromatic rings. The van der Waals surface area contributed by atoms with Gasteiger partial charge < -0.3 is 10.6 Å². The molecule has 1 unspecified atom stereocenters. The molecular weight excluding hydrogens is 402 g/mol. The van der Waals surface area contributed by atoms with E-state index in [1.54, 1.807) is 29.4 Å². The highest BCUT2D eigenvalue weighted by Crippen LogP contribution is 2.29. The van der Waals surface area contributed by atoms with Crippen LogP contribution in [0.4, 0.5) is 5.69 Å². The maximum Gasteiger partial charge on any atom is 0.247 e. The van der Waals surface area contributed by atoms with Crippen molar-refractivity contribution < 1.29 is 18.0 Å². The number of aryl methyl sites for hydroxylation is 1. The van der Waals surface area contributed by atoms with E-state index in [0.717, 1.165) is 51.4 Å². The lowest BCUT2D eigenvalue weighted by Crippen LogP contribution is -2.47. The fourth-order valence-corrected chi connectivity index (χ4v) is 6.27. The number of rotatable bonds is 6. The third kappa shape index (κ3) is 5.40. The molecule has 7 nitrogen and oxygen atoms in total. The third-order valence-corrected chi connectivity index (χ3v) is 8.19. The summed E-state index contributed by atoms with van der Waals surface area (Å²) in [7, 11) is -3.62. The van der Waals surface area contributed by atoms with Crippen LogP contribution in [0.1, 0.15) is 63.9 Å². The van der Waals surface area contributed by atoms with Crippen LogP contribution in [0.15, 0.2) is 23.1 Å². The summed E-state index contributed by atoms with van der Waals surface area (Å²) in [5.74, 6) is -0.422. The first-order valence-corrected chi connectivity index (χ1v) is 12.4. The van der Waals surface area contributed by atoms with Crippen LogP contribution in [0.3, 0.4) is 0 Å². The van der Waals surface area contributed by atoms with Gasteiger partial charge in [-0.3, -0.25) is 9.59 Å². The predicted molar refractivity (Wildman–Crippen MR) is 117 cm³/mol. The number of nitrogens with zero attached hydrogens (tertiary/aromatic N) is 1. The van der Waals surface area contributed by atoms with E-state index in [1.807, 2.05) is 0 Å². The average molecular weight is 436 g/mol. The Kier molecular flexibility index (Phi) is 7.52. The second kappa shape index (κ2) is 9.92. The first-order chi connectivity index (χ1) is 14.3. The molecule has 1 saturated heterocycles. The van der Waals surface area contributed by atoms with E-state index in [-0.39, 0.29) is 22.6 Å². The van der Waals surface area contributed by atoms with Gasteiger partial charge >= 0.3 is 0 Å². The minimum Gasteiger partial charge on any atom is -0.344 e. The number of benzene rings is 1. The summed E-state index contributed by atoms with van der Waals surface area (Å²) in [6, 6.07) is 4.39. The number of hydrogen-bond donors (Lipinski definition) is 2. The lowest BCUT2D eigenvalue weighted by Gasteiger charge is -2.24. The van der Waals surface area contributed by atoms with E-state index < -0.39 is 16.1 Å². The zero-order valence-corrected chi connectivity index (χ0v) is 18.8. The summed E-state index contributed by atoms with van der Waals surface area (Å²) in [4.78, 5) is 24.8. The number of sulfonamides is 1. The number of anilines is 1. The minimum atomic E-state index is -3.62. The van der Waals surface area contributed by atoms with Gasteiger partial charge in [0, 0.05) is 25.7 Å². The highest BCUT2D eigenvalue weighted by atomic mass is 32.2. The highest BCUT2D eigenvalue weighted by Gasteiger charge is 2.32. The Labute approximate surface area is 179 Å². The van der Waals surface area contributed by atoms with Crippen LogP contribution in [-0.2, 0) is 19.6 Å². The Hall–Kier alpha value is -1.93. The van der Waals surface area contributed by atoms with Crippen molar-refractivity contribution in [3.8, 4) is 0 Å². The third-order valence-electron chi connectivity index (χ3n) is 6.15. The van der Waals surface area contributed by atoms with E-state index in [4.69, 9.17) is 0 Å². The van der Waals surface area contributed by atoms with Crippen molar-refractivity contribution in [3.05, 3.63) is 23.8 Å². The lowest BCUT2D eigenvalue weighted by molar-refractivity contribution is -0.126. The summed E-state index contributed by atoms with van der Waals surface area (Å²) >= 11 is 0. The first-order valence-electron chi connectivity index (χ1n) is 11.0. The SMILES string of the molecule is CC(=O)NC(C(=O)Nc1ccc(C)c(S(=O)(=O)N2CCCCCC2)c1)C1CCCC1. The molecule has 1 heterocycles. The summed E-state index contributed by atoms with van der Waals surface area (Å²) < 4.78 is 28.0. The van der Waals surface area contributed by atoms with Crippen LogP contribution >= 0.6 is 0 Å². The van der Waals surface area contributed by atoms with Gasteiger partial charge in [-0.05, 0) is 56.2 Å². The van der Waals surface area contributed by atoms with E-state index in [1.165, 1.54) is 6.92 Å². The Morgan fingerprint density at radius 3 is 2.27 bits per heavy atom. The predicted octanol–water partition coefficient (Wildman–Crippen LogP) is 3.19. The smallest absolute Gasteiger partial charge is 0.247 e. The molecule has 0 bridgehead atoms. The van der Waals surface area contributed by atoms with Gasteiger partial charge in [-0.25, -0.2) is 8.42 Å². The van der Waals surface area contributed by atoms with E-state index in [2.05, 4.69) is 10.6 Å². The molecule has 166 valence electrons. The van der Waals surface area contributed by atoms with Crippen LogP contribution in [0.5, 0.6) is 0 Å². The normalized spacial score (nSPS) is 19.8. The van der Waals surface area contributed by atoms with Crippen molar-refractivity contribution in [1.29, 1.82) is 0 Å². The minimum absolute atomic E-state index is 0.111. The van der Waals surface area contributed by atoms with Gasteiger partial charge in [0.15, 0.2) is 0 Å². The monoisotopic (exact) mass is 435 g/mol. The molecule has 1 saturated carbocycles. The van der Waals surface area contributed by atoms with Crippen molar-refractivity contribution >= 4 is 27.5 Å². The summed E-state index contributed by atoms with van der Waals surface area (Å²) in [6.07, 6.45) is 7.75. The van der Waals surface area contributed by atoms with E-state index in [0.29, 0.717) is 24.3 Å². The average Bonchev–Trinajstić information content (AvgIpc) is 3.08. The maximum absolute atomic E-state index is 13.2. The Morgan fingerprint density at radius 1 is 1.03 bits per heavy atom. The summed E-state index contributed by atoms with van der Waals surface area (Å²) in [6.45, 7) is 4.25. The van der Waals surface area contributed by atoms with Crippen molar-refractivity contribution in [2.24, 2.45) is 5.92 Å². The van der Waals surface area contributed by atoms with Crippen molar-refractivity contribution in [2.45, 2.75) is 76.2 Å². The number of hydrogen-bond acceptors (Lipinski definition) is 4. The molecular formula is C22H33N3O4S. The fourth-order valence-electron chi connectivity index (χ4n) is 4.50. The lowest BCUT2D eigenvalue weighted by atomic mass is 9.97. The quantitative estimate of drug-likeness (QED) is 0.717. The molecule has 1 aromatic carbocycles. The van der Waals surface area contributed by atoms with Crippen LogP contribution < -0.4 is 10.6 Å². The van der Waals surface area contributed by atoms with Gasteiger partial charge in [-0.1, -0.05) is 31.7 Å². The molecule has 1 aliphatic heterocycles. The van der Waals surface area contributed by atoms with Crippen LogP contribution in [0, 0.1) is 12.8 Å². The Morgan fingerprint density at radius 2 is 1.67 bits per heavy atom. The number of nitrogens with one attached hydrogen (secondary N) is 2. The molecule has 30 heavy (non-hydrogen) atoms. The molecule has 8 heteroatoms. The van der Waals surface area contributed by atoms with Crippen molar-refractivity contribution in [1.82, 2.24) is 9.62 Å². The van der Waals surface area contributed by atoms with Crippen molar-refractivity contribution in [3.63, 3.8) is 0 Å².